The lowest BCUT2D eigenvalue weighted by Gasteiger charge is -2.29. The van der Waals surface area contributed by atoms with Crippen LogP contribution in [0.2, 0.25) is 0 Å². The number of methoxy groups -OCH3 is 1. The van der Waals surface area contributed by atoms with Crippen LogP contribution in [0.15, 0.2) is 60.8 Å². The molecule has 3 aromatic rings. The quantitative estimate of drug-likeness (QED) is 0.161. The second kappa shape index (κ2) is 25.6. The van der Waals surface area contributed by atoms with E-state index in [0.717, 1.165) is 0 Å². The van der Waals surface area contributed by atoms with Gasteiger partial charge in [-0.05, 0) is 82.9 Å². The van der Waals surface area contributed by atoms with E-state index in [9.17, 15) is 52.2 Å². The van der Waals surface area contributed by atoms with Gasteiger partial charge in [0, 0.05) is 12.3 Å². The number of esters is 6. The summed E-state index contributed by atoms with van der Waals surface area (Å²) in [6.45, 7) is 13.3. The number of carbonyl (C=O) groups is 8. The van der Waals surface area contributed by atoms with Crippen LogP contribution in [0.1, 0.15) is 83.9 Å². The second-order valence-corrected chi connectivity index (χ2v) is 18.5. The Kier molecular flexibility index (Phi) is 20.4. The van der Waals surface area contributed by atoms with Crippen molar-refractivity contribution in [3.05, 3.63) is 89.2 Å². The number of nitrogens with one attached hydrogen (secondary N) is 2. The van der Waals surface area contributed by atoms with Crippen LogP contribution in [0.3, 0.4) is 0 Å². The van der Waals surface area contributed by atoms with Gasteiger partial charge in [-0.1, -0.05) is 52.0 Å². The third-order valence-electron chi connectivity index (χ3n) is 10.8. The molecule has 0 spiro atoms. The summed E-state index contributed by atoms with van der Waals surface area (Å²) >= 11 is 0. The molecule has 2 fully saturated rings. The average Bonchev–Trinajstić information content (AvgIpc) is 3.36. The predicted octanol–water partition coefficient (Wildman–Crippen LogP) is 4.88. The number of alkyl carbamates (subject to hydrolysis) is 1. The highest BCUT2D eigenvalue weighted by molar-refractivity contribution is 5.98. The van der Waals surface area contributed by atoms with Gasteiger partial charge in [-0.2, -0.15) is 0 Å². The molecular weight excluding hydrogens is 953 g/mol. The van der Waals surface area contributed by atoms with Crippen LogP contribution in [-0.2, 0) is 74.8 Å². The first kappa shape index (κ1) is 57.2. The highest BCUT2D eigenvalue weighted by Gasteiger charge is 2.44. The molecular formula is C50H61F2N3O17. The fourth-order valence-corrected chi connectivity index (χ4v) is 6.96. The number of halogens is 2. The van der Waals surface area contributed by atoms with Gasteiger partial charge in [0.05, 0.1) is 18.9 Å². The van der Waals surface area contributed by atoms with E-state index in [1.165, 1.54) is 81.8 Å². The Hall–Kier alpha value is -7.39. The van der Waals surface area contributed by atoms with Crippen molar-refractivity contribution in [1.29, 1.82) is 0 Å². The zero-order valence-electron chi connectivity index (χ0n) is 41.6. The van der Waals surface area contributed by atoms with E-state index in [0.29, 0.717) is 11.1 Å². The molecule has 72 heavy (non-hydrogen) atoms. The first-order valence-electron chi connectivity index (χ1n) is 22.9. The summed E-state index contributed by atoms with van der Waals surface area (Å²) in [4.78, 5) is 106. The molecule has 3 N–H and O–H groups in total. The molecule has 22 heteroatoms. The van der Waals surface area contributed by atoms with Crippen LogP contribution < -0.4 is 15.4 Å². The van der Waals surface area contributed by atoms with Crippen molar-refractivity contribution in [3.8, 4) is 11.5 Å². The van der Waals surface area contributed by atoms with Gasteiger partial charge in [0.25, 0.3) is 5.91 Å². The van der Waals surface area contributed by atoms with Gasteiger partial charge in [-0.15, -0.1) is 0 Å². The van der Waals surface area contributed by atoms with Crippen molar-refractivity contribution in [2.75, 3.05) is 20.3 Å². The fourth-order valence-electron chi connectivity index (χ4n) is 6.96. The first-order valence-corrected chi connectivity index (χ1v) is 22.9. The topological polar surface area (TPSA) is 268 Å². The van der Waals surface area contributed by atoms with Crippen LogP contribution >= 0.6 is 0 Å². The summed E-state index contributed by atoms with van der Waals surface area (Å²) in [7, 11) is 1.29. The third kappa shape index (κ3) is 16.6. The number of hydrogen-bond acceptors (Lipinski definition) is 18. The summed E-state index contributed by atoms with van der Waals surface area (Å²) in [5.41, 5.74) is -0.0852. The maximum atomic E-state index is 13.4. The Morgan fingerprint density at radius 2 is 1.11 bits per heavy atom. The van der Waals surface area contributed by atoms with Gasteiger partial charge in [-0.25, -0.2) is 28.1 Å². The Labute approximate surface area is 414 Å². The minimum Gasteiger partial charge on any atom is -0.503 e. The molecule has 2 aromatic carbocycles. The van der Waals surface area contributed by atoms with E-state index in [1.54, 1.807) is 48.5 Å². The van der Waals surface area contributed by atoms with Gasteiger partial charge >= 0.3 is 41.9 Å². The SMILES string of the molecule is CC(C)C(=O)O[C@H]1[C@H](C)OC(=O)[C@@H](NC(=O)OC(C)(C)C)COC(=O)[C@@H]1Cc1ccc(F)cc1.COc1ccnc(C(=O)N[C@H]2COC(=O)[C@H](Cc3ccc(F)cc3)[C@@H](OC(=O)C(C)C)[C@H](C)OC2=O)c1O. The van der Waals surface area contributed by atoms with Crippen molar-refractivity contribution in [2.45, 2.75) is 117 Å². The number of rotatable bonds is 12. The van der Waals surface area contributed by atoms with Crippen LogP contribution in [-0.4, -0.2) is 120 Å². The van der Waals surface area contributed by atoms with E-state index in [2.05, 4.69) is 15.6 Å². The maximum Gasteiger partial charge on any atom is 0.408 e. The lowest BCUT2D eigenvalue weighted by atomic mass is 9.91. The summed E-state index contributed by atoms with van der Waals surface area (Å²) in [6, 6.07) is 9.44. The van der Waals surface area contributed by atoms with E-state index in [1.807, 2.05) is 0 Å². The van der Waals surface area contributed by atoms with Crippen molar-refractivity contribution in [3.63, 3.8) is 0 Å². The van der Waals surface area contributed by atoms with E-state index in [-0.39, 0.29) is 18.6 Å². The number of aromatic hydroxyl groups is 1. The number of carbonyl (C=O) groups excluding carboxylic acids is 8. The number of amides is 2. The molecule has 0 bridgehead atoms. The van der Waals surface area contributed by atoms with Gasteiger partial charge < -0.3 is 53.6 Å². The minimum atomic E-state index is -1.47. The van der Waals surface area contributed by atoms with Crippen molar-refractivity contribution in [1.82, 2.24) is 15.6 Å². The smallest absolute Gasteiger partial charge is 0.408 e. The molecule has 2 aliphatic rings. The van der Waals surface area contributed by atoms with E-state index >= 15 is 0 Å². The minimum absolute atomic E-state index is 0.00429. The molecule has 2 aliphatic heterocycles. The molecule has 0 radical (unpaired) electrons. The number of cyclic esters (lactones) is 4. The predicted molar refractivity (Wildman–Crippen MR) is 247 cm³/mol. The van der Waals surface area contributed by atoms with Gasteiger partial charge in [0.1, 0.15) is 54.5 Å². The summed E-state index contributed by atoms with van der Waals surface area (Å²) in [5.74, 6) is -10.2. The van der Waals surface area contributed by atoms with Gasteiger partial charge in [0.2, 0.25) is 0 Å². The molecule has 0 saturated carbocycles. The number of aromatic nitrogens is 1. The van der Waals surface area contributed by atoms with E-state index in [4.69, 9.17) is 37.9 Å². The van der Waals surface area contributed by atoms with Gasteiger partial charge in [0.15, 0.2) is 41.5 Å². The lowest BCUT2D eigenvalue weighted by Crippen LogP contribution is -2.48. The lowest BCUT2D eigenvalue weighted by molar-refractivity contribution is -0.176. The summed E-state index contributed by atoms with van der Waals surface area (Å²) < 4.78 is 69.7. The highest BCUT2D eigenvalue weighted by atomic mass is 19.1. The monoisotopic (exact) mass is 1010 g/mol. The molecule has 8 atom stereocenters. The van der Waals surface area contributed by atoms with Crippen molar-refractivity contribution in [2.24, 2.45) is 23.7 Å². The molecule has 5 rings (SSSR count). The molecule has 1 aromatic heterocycles. The van der Waals surface area contributed by atoms with Crippen LogP contribution in [0.4, 0.5) is 13.6 Å². The van der Waals surface area contributed by atoms with Crippen molar-refractivity contribution >= 4 is 47.8 Å². The molecule has 2 saturated heterocycles. The summed E-state index contributed by atoms with van der Waals surface area (Å²) in [5, 5.41) is 14.9. The van der Waals surface area contributed by atoms with Crippen LogP contribution in [0.25, 0.3) is 0 Å². The Morgan fingerprint density at radius 1 is 0.694 bits per heavy atom. The molecule has 2 amide bonds. The number of ether oxygens (including phenoxy) is 8. The molecule has 0 unspecified atom stereocenters. The number of nitrogens with zero attached hydrogens (tertiary/aromatic N) is 1. The Bertz CT molecular complexity index is 2410. The Morgan fingerprint density at radius 3 is 1.50 bits per heavy atom. The number of pyridine rings is 1. The molecule has 0 aliphatic carbocycles. The standard InChI is InChI=1S/C26H29FN2O9.C24H32FNO8/c1-13(2)24(32)38-22-14(3)37-26(34)18(29-23(31)20-21(30)19(35-4)9-10-28-20)12-36-25(33)17(22)11-15-5-7-16(27)8-6-15;1-13(2)20(27)33-19-14(3)32-22(29)18(26-23(30)34-24(4,5)6)12-31-21(28)17(19)11-15-7-9-16(25)10-8-15/h5-10,13-14,17-18,22,30H,11-12H2,1-4H3,(H,29,31);7-10,13-14,17-19H,11-12H2,1-6H3,(H,26,30)/t14-,17+,18-,22-;14-,17+,18-,19-/m00/s1. The first-order chi connectivity index (χ1) is 33.8. The van der Waals surface area contributed by atoms with E-state index < -0.39 is 150 Å². The normalized spacial score (nSPS) is 22.7. The van der Waals surface area contributed by atoms with Crippen molar-refractivity contribution < 1.29 is 90.1 Å². The fraction of sp³-hybridized carbons (Fsp3) is 0.500. The molecule has 20 nitrogen and oxygen atoms in total. The molecule has 3 heterocycles. The summed E-state index contributed by atoms with van der Waals surface area (Å²) in [6.07, 6.45) is -4.19. The molecule has 392 valence electrons. The van der Waals surface area contributed by atoms with Crippen LogP contribution in [0, 0.1) is 35.3 Å². The highest BCUT2D eigenvalue weighted by Crippen LogP contribution is 2.29. The maximum absolute atomic E-state index is 13.4. The third-order valence-corrected chi connectivity index (χ3v) is 10.8. The van der Waals surface area contributed by atoms with Crippen LogP contribution in [0.5, 0.6) is 11.5 Å². The number of benzene rings is 2. The largest absolute Gasteiger partial charge is 0.503 e. The Balaban J connectivity index is 0.000000315. The zero-order valence-corrected chi connectivity index (χ0v) is 41.6. The average molecular weight is 1010 g/mol. The number of hydrogen-bond donors (Lipinski definition) is 3. The second-order valence-electron chi connectivity index (χ2n) is 18.5. The zero-order chi connectivity index (χ0) is 53.6. The van der Waals surface area contributed by atoms with Gasteiger partial charge in [-0.3, -0.25) is 24.0 Å².